The molecule has 7 heteroatoms. The van der Waals surface area contributed by atoms with Crippen LogP contribution in [-0.4, -0.2) is 25.6 Å². The summed E-state index contributed by atoms with van der Waals surface area (Å²) in [4.78, 5) is 4.29. The van der Waals surface area contributed by atoms with Gasteiger partial charge >= 0.3 is 0 Å². The summed E-state index contributed by atoms with van der Waals surface area (Å²) in [6.07, 6.45) is 1.52. The lowest BCUT2D eigenvalue weighted by molar-refractivity contribution is 0.881. The van der Waals surface area contributed by atoms with Crippen LogP contribution >= 0.6 is 0 Å². The van der Waals surface area contributed by atoms with Crippen LogP contribution in [0.4, 0.5) is 5.82 Å². The number of nitrogens with one attached hydrogen (secondary N) is 2. The highest BCUT2D eigenvalue weighted by molar-refractivity contribution is 5.73. The van der Waals surface area contributed by atoms with Gasteiger partial charge in [0.1, 0.15) is 17.5 Å². The standard InChI is InChI=1S/C11H11N7/c1-7-3-8(2)14-10(4-7)13-6-9(5-12)11-15-17-18-16-11/h3-4,6H,1-2H3,(H,13,14)(H,15,16,17,18). The van der Waals surface area contributed by atoms with Gasteiger partial charge in [0.25, 0.3) is 0 Å². The summed E-state index contributed by atoms with van der Waals surface area (Å²) in [5, 5.41) is 25.0. The number of tetrazole rings is 1. The first-order chi connectivity index (χ1) is 8.69. The molecule has 0 aliphatic rings. The number of nitriles is 1. The van der Waals surface area contributed by atoms with Crippen molar-refractivity contribution in [2.45, 2.75) is 13.8 Å². The molecule has 2 aromatic rings. The van der Waals surface area contributed by atoms with Crippen LogP contribution < -0.4 is 5.32 Å². The summed E-state index contributed by atoms with van der Waals surface area (Å²) in [5.41, 5.74) is 2.31. The van der Waals surface area contributed by atoms with Gasteiger partial charge in [-0.1, -0.05) is 0 Å². The number of rotatable bonds is 3. The highest BCUT2D eigenvalue weighted by atomic mass is 15.5. The molecule has 0 amide bonds. The summed E-state index contributed by atoms with van der Waals surface area (Å²) in [6, 6.07) is 5.86. The lowest BCUT2D eigenvalue weighted by Gasteiger charge is -2.03. The van der Waals surface area contributed by atoms with E-state index in [9.17, 15) is 0 Å². The Labute approximate surface area is 104 Å². The second-order valence-electron chi connectivity index (χ2n) is 3.74. The van der Waals surface area contributed by atoms with Crippen molar-refractivity contribution < 1.29 is 0 Å². The fourth-order valence-electron chi connectivity index (χ4n) is 1.49. The van der Waals surface area contributed by atoms with Crippen LogP contribution in [0, 0.1) is 25.2 Å². The van der Waals surface area contributed by atoms with E-state index in [1.54, 1.807) is 0 Å². The molecule has 18 heavy (non-hydrogen) atoms. The Morgan fingerprint density at radius 2 is 2.28 bits per heavy atom. The van der Waals surface area contributed by atoms with Gasteiger partial charge in [-0.05, 0) is 42.0 Å². The first kappa shape index (κ1) is 11.7. The summed E-state index contributed by atoms with van der Waals surface area (Å²) >= 11 is 0. The number of aryl methyl sites for hydroxylation is 2. The van der Waals surface area contributed by atoms with Crippen LogP contribution in [0.3, 0.4) is 0 Å². The second kappa shape index (κ2) is 5.05. The number of pyridine rings is 1. The molecule has 2 rings (SSSR count). The Balaban J connectivity index is 2.21. The van der Waals surface area contributed by atoms with Crippen LogP contribution in [0.25, 0.3) is 5.57 Å². The summed E-state index contributed by atoms with van der Waals surface area (Å²) < 4.78 is 0. The largest absolute Gasteiger partial charge is 0.345 e. The molecule has 0 spiro atoms. The summed E-state index contributed by atoms with van der Waals surface area (Å²) in [6.45, 7) is 3.89. The second-order valence-corrected chi connectivity index (χ2v) is 3.74. The van der Waals surface area contributed by atoms with Gasteiger partial charge in [0, 0.05) is 11.9 Å². The van der Waals surface area contributed by atoms with Gasteiger partial charge in [-0.3, -0.25) is 0 Å². The number of H-pyrrole nitrogens is 1. The van der Waals surface area contributed by atoms with E-state index in [0.717, 1.165) is 11.3 Å². The minimum atomic E-state index is 0.306. The van der Waals surface area contributed by atoms with Crippen LogP contribution in [0.1, 0.15) is 17.1 Å². The Kier molecular flexibility index (Phi) is 3.29. The normalized spacial score (nSPS) is 11.1. The Morgan fingerprint density at radius 1 is 1.44 bits per heavy atom. The van der Waals surface area contributed by atoms with E-state index in [-0.39, 0.29) is 0 Å². The SMILES string of the molecule is Cc1cc(C)nc(NC=C(C#N)c2nnn[nH]2)c1. The summed E-state index contributed by atoms with van der Waals surface area (Å²) in [5.74, 6) is 0.988. The maximum Gasteiger partial charge on any atom is 0.191 e. The zero-order valence-corrected chi connectivity index (χ0v) is 9.97. The fourth-order valence-corrected chi connectivity index (χ4v) is 1.49. The van der Waals surface area contributed by atoms with Gasteiger partial charge in [-0.2, -0.15) is 5.26 Å². The maximum atomic E-state index is 8.99. The van der Waals surface area contributed by atoms with E-state index in [0.29, 0.717) is 17.2 Å². The molecular weight excluding hydrogens is 230 g/mol. The Bertz CT molecular complexity index is 587. The zero-order valence-electron chi connectivity index (χ0n) is 9.97. The van der Waals surface area contributed by atoms with Crippen molar-refractivity contribution in [3.63, 3.8) is 0 Å². The van der Waals surface area contributed by atoms with Crippen LogP contribution in [-0.2, 0) is 0 Å². The van der Waals surface area contributed by atoms with Crippen molar-refractivity contribution in [3.8, 4) is 6.07 Å². The van der Waals surface area contributed by atoms with Crippen molar-refractivity contribution in [1.82, 2.24) is 25.6 Å². The van der Waals surface area contributed by atoms with E-state index >= 15 is 0 Å². The Morgan fingerprint density at radius 3 is 2.89 bits per heavy atom. The third-order valence-corrected chi connectivity index (χ3v) is 2.18. The number of hydrogen-bond acceptors (Lipinski definition) is 6. The highest BCUT2D eigenvalue weighted by Crippen LogP contribution is 2.11. The molecule has 0 unspecified atom stereocenters. The lowest BCUT2D eigenvalue weighted by Crippen LogP contribution is -1.97. The quantitative estimate of drug-likeness (QED) is 0.782. The maximum absolute atomic E-state index is 8.99. The molecule has 0 fully saturated rings. The van der Waals surface area contributed by atoms with Gasteiger partial charge in [0.15, 0.2) is 5.82 Å². The molecule has 0 saturated carbocycles. The van der Waals surface area contributed by atoms with Crippen LogP contribution in [0.2, 0.25) is 0 Å². The third-order valence-electron chi connectivity index (χ3n) is 2.18. The number of aromatic amines is 1. The van der Waals surface area contributed by atoms with Gasteiger partial charge in [-0.25, -0.2) is 10.1 Å². The van der Waals surface area contributed by atoms with Crippen molar-refractivity contribution in [3.05, 3.63) is 35.4 Å². The smallest absolute Gasteiger partial charge is 0.191 e. The van der Waals surface area contributed by atoms with Crippen molar-refractivity contribution in [2.24, 2.45) is 0 Å². The molecule has 0 aliphatic carbocycles. The summed E-state index contributed by atoms with van der Waals surface area (Å²) in [7, 11) is 0. The van der Waals surface area contributed by atoms with Gasteiger partial charge < -0.3 is 5.32 Å². The number of allylic oxidation sites excluding steroid dienone is 1. The first-order valence-electron chi connectivity index (χ1n) is 5.25. The van der Waals surface area contributed by atoms with E-state index in [4.69, 9.17) is 5.26 Å². The Hall–Kier alpha value is -2.75. The first-order valence-corrected chi connectivity index (χ1v) is 5.25. The molecule has 0 atom stereocenters. The van der Waals surface area contributed by atoms with Crippen molar-refractivity contribution in [1.29, 1.82) is 5.26 Å². The number of anilines is 1. The van der Waals surface area contributed by atoms with E-state index in [1.165, 1.54) is 6.20 Å². The van der Waals surface area contributed by atoms with Crippen LogP contribution in [0.5, 0.6) is 0 Å². The topological polar surface area (TPSA) is 103 Å². The molecule has 0 aliphatic heterocycles. The van der Waals surface area contributed by atoms with Gasteiger partial charge in [0.2, 0.25) is 0 Å². The molecular formula is C11H11N7. The monoisotopic (exact) mass is 241 g/mol. The average molecular weight is 241 g/mol. The molecule has 2 aromatic heterocycles. The molecule has 0 bridgehead atoms. The lowest BCUT2D eigenvalue weighted by atomic mass is 10.2. The zero-order chi connectivity index (χ0) is 13.0. The molecule has 90 valence electrons. The number of aromatic nitrogens is 5. The van der Waals surface area contributed by atoms with E-state index in [1.807, 2.05) is 32.0 Å². The molecule has 2 N–H and O–H groups in total. The molecule has 0 radical (unpaired) electrons. The van der Waals surface area contributed by atoms with Crippen molar-refractivity contribution >= 4 is 11.4 Å². The van der Waals surface area contributed by atoms with Crippen LogP contribution in [0.15, 0.2) is 18.3 Å². The fraction of sp³-hybridized carbons (Fsp3) is 0.182. The number of hydrogen-bond donors (Lipinski definition) is 2. The third kappa shape index (κ3) is 2.68. The molecule has 0 saturated heterocycles. The van der Waals surface area contributed by atoms with E-state index in [2.05, 4.69) is 30.9 Å². The van der Waals surface area contributed by atoms with Crippen molar-refractivity contribution in [2.75, 3.05) is 5.32 Å². The minimum absolute atomic E-state index is 0.306. The molecule has 0 aromatic carbocycles. The minimum Gasteiger partial charge on any atom is -0.345 e. The molecule has 2 heterocycles. The van der Waals surface area contributed by atoms with E-state index < -0.39 is 0 Å². The predicted octanol–water partition coefficient (Wildman–Crippen LogP) is 1.19. The predicted molar refractivity (Wildman–Crippen MR) is 65.1 cm³/mol. The molecule has 7 nitrogen and oxygen atoms in total. The average Bonchev–Trinajstić information content (AvgIpc) is 2.82. The van der Waals surface area contributed by atoms with Gasteiger partial charge in [-0.15, -0.1) is 5.10 Å². The van der Waals surface area contributed by atoms with Gasteiger partial charge in [0.05, 0.1) is 0 Å². The highest BCUT2D eigenvalue weighted by Gasteiger charge is 2.04. The number of nitrogens with zero attached hydrogens (tertiary/aromatic N) is 5.